The first-order valence-corrected chi connectivity index (χ1v) is 6.40. The molecular formula is C15H17N3O. The molecule has 0 radical (unpaired) electrons. The second-order valence-electron chi connectivity index (χ2n) is 5.70. The van der Waals surface area contributed by atoms with Crippen LogP contribution in [0, 0.1) is 0 Å². The van der Waals surface area contributed by atoms with Gasteiger partial charge in [0.15, 0.2) is 5.65 Å². The third kappa shape index (κ3) is 2.14. The monoisotopic (exact) mass is 255 g/mol. The van der Waals surface area contributed by atoms with Gasteiger partial charge in [0.05, 0.1) is 12.8 Å². The van der Waals surface area contributed by atoms with Crippen molar-refractivity contribution in [1.82, 2.24) is 14.5 Å². The Morgan fingerprint density at radius 1 is 1.21 bits per heavy atom. The molecule has 0 atom stereocenters. The van der Waals surface area contributed by atoms with E-state index in [0.717, 1.165) is 22.7 Å². The molecule has 0 aliphatic rings. The fourth-order valence-electron chi connectivity index (χ4n) is 2.24. The van der Waals surface area contributed by atoms with Gasteiger partial charge in [-0.25, -0.2) is 9.97 Å². The van der Waals surface area contributed by atoms with Crippen LogP contribution in [-0.2, 0) is 12.0 Å². The summed E-state index contributed by atoms with van der Waals surface area (Å²) < 4.78 is 7.58. The van der Waals surface area contributed by atoms with E-state index in [4.69, 9.17) is 9.40 Å². The first-order valence-electron chi connectivity index (χ1n) is 6.40. The van der Waals surface area contributed by atoms with Gasteiger partial charge in [-0.2, -0.15) is 0 Å². The number of hydrogen-bond acceptors (Lipinski definition) is 3. The maximum absolute atomic E-state index is 5.45. The number of nitrogens with zero attached hydrogens (tertiary/aromatic N) is 3. The van der Waals surface area contributed by atoms with Crippen molar-refractivity contribution in [2.24, 2.45) is 0 Å². The van der Waals surface area contributed by atoms with Crippen LogP contribution in [0.15, 0.2) is 41.1 Å². The van der Waals surface area contributed by atoms with E-state index in [1.165, 1.54) is 0 Å². The molecule has 0 aliphatic carbocycles. The first kappa shape index (κ1) is 12.0. The summed E-state index contributed by atoms with van der Waals surface area (Å²) in [5.74, 6) is 1.94. The lowest BCUT2D eigenvalue weighted by Crippen LogP contribution is -2.19. The minimum absolute atomic E-state index is 0.0344. The number of imidazole rings is 1. The maximum atomic E-state index is 5.45. The number of rotatable bonds is 2. The molecule has 0 saturated carbocycles. The largest absolute Gasteiger partial charge is 0.467 e. The molecule has 4 nitrogen and oxygen atoms in total. The lowest BCUT2D eigenvalue weighted by molar-refractivity contribution is 0.466. The van der Waals surface area contributed by atoms with Gasteiger partial charge in [-0.05, 0) is 24.3 Å². The van der Waals surface area contributed by atoms with Crippen molar-refractivity contribution in [1.29, 1.82) is 0 Å². The molecule has 0 N–H and O–H groups in total. The van der Waals surface area contributed by atoms with Gasteiger partial charge in [0.2, 0.25) is 0 Å². The van der Waals surface area contributed by atoms with Gasteiger partial charge in [-0.1, -0.05) is 20.8 Å². The van der Waals surface area contributed by atoms with Gasteiger partial charge in [-0.15, -0.1) is 0 Å². The molecule has 19 heavy (non-hydrogen) atoms. The van der Waals surface area contributed by atoms with E-state index < -0.39 is 0 Å². The number of pyridine rings is 1. The molecule has 3 aromatic rings. The lowest BCUT2D eigenvalue weighted by Gasteiger charge is -2.19. The van der Waals surface area contributed by atoms with E-state index in [1.54, 1.807) is 12.5 Å². The van der Waals surface area contributed by atoms with Crippen molar-refractivity contribution in [2.45, 2.75) is 32.7 Å². The highest BCUT2D eigenvalue weighted by atomic mass is 16.3. The van der Waals surface area contributed by atoms with E-state index in [0.29, 0.717) is 6.54 Å². The summed E-state index contributed by atoms with van der Waals surface area (Å²) in [6.07, 6.45) is 3.49. The van der Waals surface area contributed by atoms with Crippen LogP contribution in [0.25, 0.3) is 11.2 Å². The molecule has 98 valence electrons. The Morgan fingerprint density at radius 2 is 2.05 bits per heavy atom. The molecule has 0 aliphatic heterocycles. The van der Waals surface area contributed by atoms with Crippen molar-refractivity contribution in [3.8, 4) is 0 Å². The predicted molar refractivity (Wildman–Crippen MR) is 74.0 cm³/mol. The van der Waals surface area contributed by atoms with E-state index >= 15 is 0 Å². The van der Waals surface area contributed by atoms with Gasteiger partial charge in [0.1, 0.15) is 17.1 Å². The standard InChI is InChI=1S/C15H17N3O/c1-15(2,3)14-17-12-7-4-8-16-13(12)18(14)10-11-6-5-9-19-11/h4-9H,10H2,1-3H3. The van der Waals surface area contributed by atoms with E-state index in [2.05, 4.69) is 30.3 Å². The number of furan rings is 1. The molecule has 0 amide bonds. The van der Waals surface area contributed by atoms with Crippen LogP contribution in [0.2, 0.25) is 0 Å². The number of hydrogen-bond donors (Lipinski definition) is 0. The highest BCUT2D eigenvalue weighted by Crippen LogP contribution is 2.26. The number of fused-ring (bicyclic) bond motifs is 1. The summed E-state index contributed by atoms with van der Waals surface area (Å²) in [6.45, 7) is 7.14. The zero-order valence-corrected chi connectivity index (χ0v) is 11.4. The molecule has 0 saturated heterocycles. The molecule has 3 aromatic heterocycles. The average molecular weight is 255 g/mol. The highest BCUT2D eigenvalue weighted by Gasteiger charge is 2.23. The summed E-state index contributed by atoms with van der Waals surface area (Å²) >= 11 is 0. The normalized spacial score (nSPS) is 12.2. The zero-order chi connectivity index (χ0) is 13.5. The Bertz CT molecular complexity index is 690. The molecule has 4 heteroatoms. The van der Waals surface area contributed by atoms with Gasteiger partial charge in [0, 0.05) is 11.6 Å². The third-order valence-electron chi connectivity index (χ3n) is 3.07. The van der Waals surface area contributed by atoms with Crippen molar-refractivity contribution in [3.05, 3.63) is 48.3 Å². The Balaban J connectivity index is 2.19. The van der Waals surface area contributed by atoms with Gasteiger partial charge >= 0.3 is 0 Å². The van der Waals surface area contributed by atoms with Crippen molar-refractivity contribution < 1.29 is 4.42 Å². The van der Waals surface area contributed by atoms with Gasteiger partial charge in [0.25, 0.3) is 0 Å². The molecule has 3 heterocycles. The molecule has 0 spiro atoms. The SMILES string of the molecule is CC(C)(C)c1nc2cccnc2n1Cc1ccco1. The molecule has 0 fully saturated rings. The summed E-state index contributed by atoms with van der Waals surface area (Å²) in [5.41, 5.74) is 1.80. The molecular weight excluding hydrogens is 238 g/mol. The van der Waals surface area contributed by atoms with Crippen LogP contribution in [0.3, 0.4) is 0 Å². The van der Waals surface area contributed by atoms with Crippen LogP contribution in [0.5, 0.6) is 0 Å². The van der Waals surface area contributed by atoms with Crippen LogP contribution in [0.1, 0.15) is 32.4 Å². The molecule has 0 bridgehead atoms. The van der Waals surface area contributed by atoms with Crippen LogP contribution < -0.4 is 0 Å². The Labute approximate surface area is 112 Å². The molecule has 3 rings (SSSR count). The minimum atomic E-state index is -0.0344. The van der Waals surface area contributed by atoms with Crippen molar-refractivity contribution in [2.75, 3.05) is 0 Å². The summed E-state index contributed by atoms with van der Waals surface area (Å²) in [4.78, 5) is 9.18. The van der Waals surface area contributed by atoms with Crippen molar-refractivity contribution in [3.63, 3.8) is 0 Å². The van der Waals surface area contributed by atoms with E-state index in [1.807, 2.05) is 24.3 Å². The summed E-state index contributed by atoms with van der Waals surface area (Å²) in [7, 11) is 0. The summed E-state index contributed by atoms with van der Waals surface area (Å²) in [5, 5.41) is 0. The van der Waals surface area contributed by atoms with Crippen LogP contribution in [-0.4, -0.2) is 14.5 Å². The fraction of sp³-hybridized carbons (Fsp3) is 0.333. The van der Waals surface area contributed by atoms with Gasteiger partial charge < -0.3 is 8.98 Å². The second kappa shape index (κ2) is 4.23. The lowest BCUT2D eigenvalue weighted by atomic mass is 9.95. The van der Waals surface area contributed by atoms with E-state index in [9.17, 15) is 0 Å². The second-order valence-corrected chi connectivity index (χ2v) is 5.70. The maximum Gasteiger partial charge on any atom is 0.160 e. The highest BCUT2D eigenvalue weighted by molar-refractivity contribution is 5.71. The quantitative estimate of drug-likeness (QED) is 0.705. The average Bonchev–Trinajstić information content (AvgIpc) is 2.97. The number of aromatic nitrogens is 3. The first-order chi connectivity index (χ1) is 9.05. The molecule has 0 unspecified atom stereocenters. The van der Waals surface area contributed by atoms with Crippen LogP contribution in [0.4, 0.5) is 0 Å². The third-order valence-corrected chi connectivity index (χ3v) is 3.07. The minimum Gasteiger partial charge on any atom is -0.467 e. The fourth-order valence-corrected chi connectivity index (χ4v) is 2.24. The molecule has 0 aromatic carbocycles. The summed E-state index contributed by atoms with van der Waals surface area (Å²) in [6, 6.07) is 7.79. The predicted octanol–water partition coefficient (Wildman–Crippen LogP) is 3.37. The Kier molecular flexibility index (Phi) is 2.66. The van der Waals surface area contributed by atoms with Gasteiger partial charge in [-0.3, -0.25) is 0 Å². The topological polar surface area (TPSA) is 43.9 Å². The smallest absolute Gasteiger partial charge is 0.160 e. The van der Waals surface area contributed by atoms with Crippen LogP contribution >= 0.6 is 0 Å². The van der Waals surface area contributed by atoms with E-state index in [-0.39, 0.29) is 5.41 Å². The Hall–Kier alpha value is -2.10. The Morgan fingerprint density at radius 3 is 2.74 bits per heavy atom. The van der Waals surface area contributed by atoms with Crippen molar-refractivity contribution >= 4 is 11.2 Å². The zero-order valence-electron chi connectivity index (χ0n) is 11.4.